The van der Waals surface area contributed by atoms with E-state index in [2.05, 4.69) is 32.6 Å². The molecule has 1 aromatic rings. The van der Waals surface area contributed by atoms with Crippen LogP contribution >= 0.6 is 0 Å². The first-order valence-electron chi connectivity index (χ1n) is 6.52. The van der Waals surface area contributed by atoms with Crippen molar-refractivity contribution in [3.63, 3.8) is 0 Å². The Morgan fingerprint density at radius 2 is 1.74 bits per heavy atom. The topological polar surface area (TPSA) is 47.2 Å². The molecular weight excluding hydrogens is 242 g/mol. The highest BCUT2D eigenvalue weighted by molar-refractivity contribution is 5.02. The van der Waals surface area contributed by atoms with Crippen LogP contribution in [0.1, 0.15) is 33.4 Å². The summed E-state index contributed by atoms with van der Waals surface area (Å²) in [6, 6.07) is 1.87. The highest BCUT2D eigenvalue weighted by Crippen LogP contribution is 2.23. The van der Waals surface area contributed by atoms with E-state index in [4.69, 9.17) is 0 Å². The first kappa shape index (κ1) is 15.7. The Balaban J connectivity index is 3.08. The molecule has 1 heterocycles. The maximum Gasteiger partial charge on any atom is 0.330 e. The van der Waals surface area contributed by atoms with Crippen molar-refractivity contribution in [1.29, 1.82) is 0 Å². The molecule has 1 aromatic heterocycles. The van der Waals surface area contributed by atoms with Crippen LogP contribution in [0.4, 0.5) is 0 Å². The van der Waals surface area contributed by atoms with Crippen LogP contribution in [0.25, 0.3) is 0 Å². The van der Waals surface area contributed by atoms with E-state index in [1.165, 1.54) is 17.7 Å². The molecule has 5 nitrogen and oxygen atoms in total. The van der Waals surface area contributed by atoms with Gasteiger partial charge in [-0.3, -0.25) is 18.8 Å². The lowest BCUT2D eigenvalue weighted by atomic mass is 9.87. The Labute approximate surface area is 114 Å². The van der Waals surface area contributed by atoms with Crippen LogP contribution in [0.5, 0.6) is 0 Å². The molecule has 0 aliphatic carbocycles. The minimum absolute atomic E-state index is 0.146. The normalized spacial score (nSPS) is 13.9. The third kappa shape index (κ3) is 3.35. The van der Waals surface area contributed by atoms with Crippen LogP contribution in [-0.4, -0.2) is 27.1 Å². The monoisotopic (exact) mass is 267 g/mol. The van der Waals surface area contributed by atoms with E-state index in [1.54, 1.807) is 7.05 Å². The summed E-state index contributed by atoms with van der Waals surface area (Å²) in [6.07, 6.45) is 0. The standard InChI is InChI=1S/C14H25N3O2/c1-10(14(2,3)4)15(5)9-11-8-12(18)17(7)13(19)16(11)6/h8,10H,9H2,1-7H3/t10-/m1/s1. The molecule has 1 atom stereocenters. The van der Waals surface area contributed by atoms with Crippen molar-refractivity contribution in [2.45, 2.75) is 40.3 Å². The van der Waals surface area contributed by atoms with Crippen LogP contribution in [0.15, 0.2) is 15.7 Å². The fourth-order valence-electron chi connectivity index (χ4n) is 1.98. The Bertz CT molecular complexity index is 564. The van der Waals surface area contributed by atoms with E-state index < -0.39 is 0 Å². The highest BCUT2D eigenvalue weighted by atomic mass is 16.2. The molecular formula is C14H25N3O2. The zero-order chi connectivity index (χ0) is 15.0. The lowest BCUT2D eigenvalue weighted by molar-refractivity contribution is 0.132. The van der Waals surface area contributed by atoms with Gasteiger partial charge >= 0.3 is 5.69 Å². The molecule has 0 amide bonds. The van der Waals surface area contributed by atoms with E-state index in [-0.39, 0.29) is 16.7 Å². The average Bonchev–Trinajstić information content (AvgIpc) is 2.31. The van der Waals surface area contributed by atoms with Crippen LogP contribution in [0.2, 0.25) is 0 Å². The van der Waals surface area contributed by atoms with Gasteiger partial charge in [-0.1, -0.05) is 20.8 Å². The molecule has 0 spiro atoms. The molecule has 108 valence electrons. The van der Waals surface area contributed by atoms with Gasteiger partial charge < -0.3 is 0 Å². The Hall–Kier alpha value is -1.36. The van der Waals surface area contributed by atoms with Gasteiger partial charge in [0.1, 0.15) is 0 Å². The first-order chi connectivity index (χ1) is 8.55. The van der Waals surface area contributed by atoms with Crippen LogP contribution in [-0.2, 0) is 20.6 Å². The molecule has 0 aliphatic rings. The summed E-state index contributed by atoms with van der Waals surface area (Å²) in [4.78, 5) is 25.7. The first-order valence-corrected chi connectivity index (χ1v) is 6.52. The van der Waals surface area contributed by atoms with Gasteiger partial charge in [0, 0.05) is 38.4 Å². The van der Waals surface area contributed by atoms with Gasteiger partial charge in [-0.2, -0.15) is 0 Å². The van der Waals surface area contributed by atoms with Gasteiger partial charge in [0.25, 0.3) is 5.56 Å². The summed E-state index contributed by atoms with van der Waals surface area (Å²) in [7, 11) is 5.21. The summed E-state index contributed by atoms with van der Waals surface area (Å²) in [5.41, 5.74) is 0.355. The molecule has 0 fully saturated rings. The second-order valence-corrected chi connectivity index (χ2v) is 6.33. The van der Waals surface area contributed by atoms with Crippen molar-refractivity contribution < 1.29 is 0 Å². The smallest absolute Gasteiger partial charge is 0.299 e. The second kappa shape index (κ2) is 5.33. The molecule has 0 saturated heterocycles. The molecule has 19 heavy (non-hydrogen) atoms. The van der Waals surface area contributed by atoms with Gasteiger partial charge in [-0.05, 0) is 19.4 Å². The van der Waals surface area contributed by atoms with E-state index >= 15 is 0 Å². The van der Waals surface area contributed by atoms with E-state index in [9.17, 15) is 9.59 Å². The average molecular weight is 267 g/mol. The van der Waals surface area contributed by atoms with Crippen molar-refractivity contribution in [2.24, 2.45) is 19.5 Å². The molecule has 0 unspecified atom stereocenters. The lowest BCUT2D eigenvalue weighted by Gasteiger charge is -2.35. The van der Waals surface area contributed by atoms with E-state index in [1.807, 2.05) is 7.05 Å². The molecule has 0 bridgehead atoms. The van der Waals surface area contributed by atoms with Crippen molar-refractivity contribution in [2.75, 3.05) is 7.05 Å². The van der Waals surface area contributed by atoms with Gasteiger partial charge in [0.05, 0.1) is 0 Å². The lowest BCUT2D eigenvalue weighted by Crippen LogP contribution is -2.42. The quantitative estimate of drug-likeness (QED) is 0.819. The number of aromatic nitrogens is 2. The van der Waals surface area contributed by atoms with Crippen molar-refractivity contribution in [3.8, 4) is 0 Å². The van der Waals surface area contributed by atoms with Gasteiger partial charge in [0.2, 0.25) is 0 Å². The van der Waals surface area contributed by atoms with Crippen molar-refractivity contribution >= 4 is 0 Å². The maximum absolute atomic E-state index is 11.9. The zero-order valence-corrected chi connectivity index (χ0v) is 13.0. The minimum Gasteiger partial charge on any atom is -0.299 e. The number of hydrogen-bond acceptors (Lipinski definition) is 3. The number of rotatable bonds is 3. The summed E-state index contributed by atoms with van der Waals surface area (Å²) >= 11 is 0. The summed E-state index contributed by atoms with van der Waals surface area (Å²) in [5, 5.41) is 0. The Morgan fingerprint density at radius 3 is 2.21 bits per heavy atom. The van der Waals surface area contributed by atoms with Crippen LogP contribution in [0.3, 0.4) is 0 Å². The summed E-state index contributed by atoms with van der Waals surface area (Å²) in [5.74, 6) is 0. The SMILES string of the molecule is C[C@@H](N(C)Cc1cc(=O)n(C)c(=O)n1C)C(C)(C)C. The van der Waals surface area contributed by atoms with E-state index in [0.717, 1.165) is 10.3 Å². The van der Waals surface area contributed by atoms with Gasteiger partial charge in [-0.15, -0.1) is 0 Å². The summed E-state index contributed by atoms with van der Waals surface area (Å²) in [6.45, 7) is 9.27. The molecule has 0 saturated carbocycles. The minimum atomic E-state index is -0.278. The molecule has 5 heteroatoms. The molecule has 0 radical (unpaired) electrons. The molecule has 0 aliphatic heterocycles. The molecule has 0 N–H and O–H groups in total. The van der Waals surface area contributed by atoms with Crippen molar-refractivity contribution in [3.05, 3.63) is 32.6 Å². The van der Waals surface area contributed by atoms with E-state index in [0.29, 0.717) is 12.6 Å². The Morgan fingerprint density at radius 1 is 1.21 bits per heavy atom. The van der Waals surface area contributed by atoms with Crippen molar-refractivity contribution in [1.82, 2.24) is 14.0 Å². The van der Waals surface area contributed by atoms with Crippen LogP contribution in [0, 0.1) is 5.41 Å². The predicted octanol–water partition coefficient (Wildman–Crippen LogP) is 0.950. The van der Waals surface area contributed by atoms with Gasteiger partial charge in [0.15, 0.2) is 0 Å². The number of hydrogen-bond donors (Lipinski definition) is 0. The molecule has 0 aromatic carbocycles. The number of nitrogens with zero attached hydrogens (tertiary/aromatic N) is 3. The molecule has 1 rings (SSSR count). The maximum atomic E-state index is 11.9. The third-order valence-corrected chi connectivity index (χ3v) is 3.95. The zero-order valence-electron chi connectivity index (χ0n) is 13.0. The largest absolute Gasteiger partial charge is 0.330 e. The Kier molecular flexibility index (Phi) is 4.40. The van der Waals surface area contributed by atoms with Gasteiger partial charge in [-0.25, -0.2) is 4.79 Å². The summed E-state index contributed by atoms with van der Waals surface area (Å²) < 4.78 is 2.66. The highest BCUT2D eigenvalue weighted by Gasteiger charge is 2.24. The third-order valence-electron chi connectivity index (χ3n) is 3.95. The second-order valence-electron chi connectivity index (χ2n) is 6.33. The fourth-order valence-corrected chi connectivity index (χ4v) is 1.98. The predicted molar refractivity (Wildman–Crippen MR) is 77.3 cm³/mol. The van der Waals surface area contributed by atoms with Crippen LogP contribution < -0.4 is 11.2 Å². The fraction of sp³-hybridized carbons (Fsp3) is 0.714.